The van der Waals surface area contributed by atoms with E-state index in [1.807, 2.05) is 23.9 Å². The summed E-state index contributed by atoms with van der Waals surface area (Å²) in [5.41, 5.74) is 1.68. The van der Waals surface area contributed by atoms with Crippen molar-refractivity contribution in [2.24, 2.45) is 5.92 Å². The molecule has 2 aromatic carbocycles. The molecule has 2 heterocycles. The quantitative estimate of drug-likeness (QED) is 0.490. The van der Waals surface area contributed by atoms with E-state index in [-0.39, 0.29) is 22.1 Å². The Kier molecular flexibility index (Phi) is 5.50. The van der Waals surface area contributed by atoms with Crippen LogP contribution in [0.4, 0.5) is 14.5 Å². The number of halogens is 3. The standard InChI is InChI=1S/C22H22BrF2NO3S2/c23-15-3-8-19-18(13-15)22(9-11-30-12-10-22)20(14-1-2-14)26(19)31(27,28)17-6-4-16(5-7-17)29-21(24)25/h3-8,13-14,20-21H,1-2,9-12H2. The van der Waals surface area contributed by atoms with Crippen molar-refractivity contribution < 1.29 is 21.9 Å². The van der Waals surface area contributed by atoms with Crippen LogP contribution in [0.15, 0.2) is 51.8 Å². The third kappa shape index (κ3) is 3.66. The Labute approximate surface area is 193 Å². The molecule has 166 valence electrons. The molecule has 31 heavy (non-hydrogen) atoms. The summed E-state index contributed by atoms with van der Waals surface area (Å²) in [4.78, 5) is 0.0934. The van der Waals surface area contributed by atoms with Gasteiger partial charge in [0.1, 0.15) is 5.75 Å². The first-order valence-electron chi connectivity index (χ1n) is 10.3. The number of sulfonamides is 1. The predicted molar refractivity (Wildman–Crippen MR) is 122 cm³/mol. The van der Waals surface area contributed by atoms with Gasteiger partial charge in [0.25, 0.3) is 10.0 Å². The molecule has 5 rings (SSSR count). The van der Waals surface area contributed by atoms with E-state index in [1.165, 1.54) is 24.3 Å². The minimum absolute atomic E-state index is 0.0563. The van der Waals surface area contributed by atoms with Gasteiger partial charge in [0.05, 0.1) is 16.6 Å². The third-order valence-corrected chi connectivity index (χ3v) is 9.90. The molecule has 0 amide bonds. The zero-order chi connectivity index (χ0) is 21.8. The second kappa shape index (κ2) is 7.92. The number of hydrogen-bond donors (Lipinski definition) is 0. The average molecular weight is 530 g/mol. The van der Waals surface area contributed by atoms with Crippen molar-refractivity contribution in [1.82, 2.24) is 0 Å². The second-order valence-corrected chi connectivity index (χ2v) is 12.3. The van der Waals surface area contributed by atoms with Gasteiger partial charge in [-0.2, -0.15) is 20.5 Å². The molecular weight excluding hydrogens is 508 g/mol. The molecule has 0 aromatic heterocycles. The Morgan fingerprint density at radius 1 is 1.10 bits per heavy atom. The Balaban J connectivity index is 1.62. The van der Waals surface area contributed by atoms with Crippen LogP contribution in [0.3, 0.4) is 0 Å². The third-order valence-electron chi connectivity index (χ3n) is 6.61. The van der Waals surface area contributed by atoms with Gasteiger partial charge in [-0.15, -0.1) is 0 Å². The van der Waals surface area contributed by atoms with Gasteiger partial charge >= 0.3 is 6.61 Å². The summed E-state index contributed by atoms with van der Waals surface area (Å²) in [5.74, 6) is 2.32. The highest BCUT2D eigenvalue weighted by Gasteiger charge is 2.59. The zero-order valence-corrected chi connectivity index (χ0v) is 19.9. The van der Waals surface area contributed by atoms with E-state index in [0.29, 0.717) is 5.92 Å². The van der Waals surface area contributed by atoms with Crippen molar-refractivity contribution in [3.8, 4) is 5.75 Å². The molecule has 1 saturated heterocycles. The topological polar surface area (TPSA) is 46.6 Å². The number of benzene rings is 2. The van der Waals surface area contributed by atoms with Crippen LogP contribution in [0.2, 0.25) is 0 Å². The van der Waals surface area contributed by atoms with Gasteiger partial charge < -0.3 is 4.74 Å². The minimum atomic E-state index is -3.87. The van der Waals surface area contributed by atoms with Crippen molar-refractivity contribution in [3.63, 3.8) is 0 Å². The molecule has 9 heteroatoms. The van der Waals surface area contributed by atoms with Gasteiger partial charge in [-0.25, -0.2) is 8.42 Å². The summed E-state index contributed by atoms with van der Waals surface area (Å²) in [6.45, 7) is -2.95. The van der Waals surface area contributed by atoms with E-state index < -0.39 is 16.6 Å². The molecule has 1 aliphatic carbocycles. The maximum Gasteiger partial charge on any atom is 0.387 e. The number of thioether (sulfide) groups is 1. The van der Waals surface area contributed by atoms with Gasteiger partial charge in [0.15, 0.2) is 0 Å². The Hall–Kier alpha value is -1.32. The summed E-state index contributed by atoms with van der Waals surface area (Å²) in [5, 5.41) is 0. The smallest absolute Gasteiger partial charge is 0.387 e. The van der Waals surface area contributed by atoms with Gasteiger partial charge in [-0.3, -0.25) is 4.31 Å². The lowest BCUT2D eigenvalue weighted by atomic mass is 9.70. The van der Waals surface area contributed by atoms with Crippen LogP contribution >= 0.6 is 27.7 Å². The highest BCUT2D eigenvalue weighted by Crippen LogP contribution is 2.59. The first-order chi connectivity index (χ1) is 14.8. The van der Waals surface area contributed by atoms with E-state index in [2.05, 4.69) is 26.7 Å². The van der Waals surface area contributed by atoms with Crippen LogP contribution in [0.25, 0.3) is 0 Å². The maximum absolute atomic E-state index is 13.9. The molecule has 0 radical (unpaired) electrons. The molecule has 2 aliphatic heterocycles. The lowest BCUT2D eigenvalue weighted by Crippen LogP contribution is -2.50. The van der Waals surface area contributed by atoms with Crippen LogP contribution in [0, 0.1) is 5.92 Å². The number of nitrogens with zero attached hydrogens (tertiary/aromatic N) is 1. The highest BCUT2D eigenvalue weighted by molar-refractivity contribution is 9.10. The SMILES string of the molecule is O=S(=O)(c1ccc(OC(F)F)cc1)N1c2ccc(Br)cc2C2(CCSCC2)C1C1CC1. The van der Waals surface area contributed by atoms with E-state index in [4.69, 9.17) is 0 Å². The van der Waals surface area contributed by atoms with Gasteiger partial charge in [0, 0.05) is 9.89 Å². The molecule has 1 saturated carbocycles. The van der Waals surface area contributed by atoms with E-state index in [1.54, 1.807) is 4.31 Å². The second-order valence-electron chi connectivity index (χ2n) is 8.36. The maximum atomic E-state index is 13.9. The molecule has 1 unspecified atom stereocenters. The minimum Gasteiger partial charge on any atom is -0.435 e. The summed E-state index contributed by atoms with van der Waals surface area (Å²) in [7, 11) is -3.87. The van der Waals surface area contributed by atoms with E-state index in [9.17, 15) is 17.2 Å². The zero-order valence-electron chi connectivity index (χ0n) is 16.6. The van der Waals surface area contributed by atoms with Crippen molar-refractivity contribution in [3.05, 3.63) is 52.5 Å². The summed E-state index contributed by atoms with van der Waals surface area (Å²) < 4.78 is 59.8. The first-order valence-corrected chi connectivity index (χ1v) is 13.7. The van der Waals surface area contributed by atoms with E-state index >= 15 is 0 Å². The predicted octanol–water partition coefficient (Wildman–Crippen LogP) is 5.80. The summed E-state index contributed by atoms with van der Waals surface area (Å²) in [6, 6.07) is 11.1. The van der Waals surface area contributed by atoms with Crippen LogP contribution in [-0.4, -0.2) is 32.6 Å². The van der Waals surface area contributed by atoms with Crippen molar-refractivity contribution >= 4 is 43.4 Å². The van der Waals surface area contributed by atoms with Crippen LogP contribution in [0.5, 0.6) is 5.75 Å². The van der Waals surface area contributed by atoms with Crippen LogP contribution < -0.4 is 9.04 Å². The molecule has 1 spiro atoms. The summed E-state index contributed by atoms with van der Waals surface area (Å²) >= 11 is 5.51. The lowest BCUT2D eigenvalue weighted by Gasteiger charge is -2.41. The number of fused-ring (bicyclic) bond motifs is 2. The number of ether oxygens (including phenoxy) is 1. The number of rotatable bonds is 5. The monoisotopic (exact) mass is 529 g/mol. The molecule has 2 fully saturated rings. The summed E-state index contributed by atoms with van der Waals surface area (Å²) in [6.07, 6.45) is 3.97. The van der Waals surface area contributed by atoms with Crippen molar-refractivity contribution in [2.75, 3.05) is 15.8 Å². The van der Waals surface area contributed by atoms with Gasteiger partial charge in [0.2, 0.25) is 0 Å². The first kappa shape index (κ1) is 21.5. The molecule has 0 N–H and O–H groups in total. The largest absolute Gasteiger partial charge is 0.435 e. The Morgan fingerprint density at radius 3 is 2.39 bits per heavy atom. The molecule has 3 aliphatic rings. The fourth-order valence-electron chi connectivity index (χ4n) is 5.17. The number of anilines is 1. The molecule has 0 bridgehead atoms. The van der Waals surface area contributed by atoms with Crippen molar-refractivity contribution in [2.45, 2.75) is 48.6 Å². The molecule has 4 nitrogen and oxygen atoms in total. The number of hydrogen-bond acceptors (Lipinski definition) is 4. The fourth-order valence-corrected chi connectivity index (χ4v) is 8.55. The van der Waals surface area contributed by atoms with Crippen LogP contribution in [0.1, 0.15) is 31.2 Å². The average Bonchev–Trinajstić information content (AvgIpc) is 3.54. The molecular formula is C22H22BrF2NO3S2. The molecule has 1 atom stereocenters. The van der Waals surface area contributed by atoms with Crippen LogP contribution in [-0.2, 0) is 15.4 Å². The van der Waals surface area contributed by atoms with Gasteiger partial charge in [-0.1, -0.05) is 15.9 Å². The molecule has 2 aromatic rings. The van der Waals surface area contributed by atoms with Gasteiger partial charge in [-0.05, 0) is 91.1 Å². The number of alkyl halides is 2. The highest BCUT2D eigenvalue weighted by atomic mass is 79.9. The van der Waals surface area contributed by atoms with E-state index in [0.717, 1.165) is 52.9 Å². The fraction of sp³-hybridized carbons (Fsp3) is 0.455. The Bertz CT molecular complexity index is 1080. The normalized spacial score (nSPS) is 22.7. The Morgan fingerprint density at radius 2 is 1.77 bits per heavy atom. The van der Waals surface area contributed by atoms with Crippen molar-refractivity contribution in [1.29, 1.82) is 0 Å². The lowest BCUT2D eigenvalue weighted by molar-refractivity contribution is -0.0498.